The first-order valence-corrected chi connectivity index (χ1v) is 10.1. The van der Waals surface area contributed by atoms with Crippen molar-refractivity contribution in [2.75, 3.05) is 18.0 Å². The van der Waals surface area contributed by atoms with Crippen molar-refractivity contribution in [3.8, 4) is 11.5 Å². The number of fused-ring (bicyclic) bond motifs is 1. The molecule has 10 heteroatoms. The average Bonchev–Trinajstić information content (AvgIpc) is 2.72. The van der Waals surface area contributed by atoms with Gasteiger partial charge in [-0.25, -0.2) is 9.97 Å². The van der Waals surface area contributed by atoms with Gasteiger partial charge < -0.3 is 19.7 Å². The van der Waals surface area contributed by atoms with E-state index >= 15 is 0 Å². The molecule has 1 aromatic heterocycles. The highest BCUT2D eigenvalue weighted by Crippen LogP contribution is 2.34. The van der Waals surface area contributed by atoms with Crippen LogP contribution in [-0.2, 0) is 11.0 Å². The van der Waals surface area contributed by atoms with Gasteiger partial charge >= 0.3 is 6.18 Å². The number of para-hydroxylation sites is 2. The summed E-state index contributed by atoms with van der Waals surface area (Å²) in [6.45, 7) is 4.16. The molecule has 0 saturated carbocycles. The quantitative estimate of drug-likeness (QED) is 0.797. The van der Waals surface area contributed by atoms with E-state index < -0.39 is 24.1 Å². The summed E-state index contributed by atoms with van der Waals surface area (Å²) in [6.07, 6.45) is -4.58. The molecule has 7 nitrogen and oxygen atoms in total. The number of piperidine rings is 1. The van der Waals surface area contributed by atoms with Crippen LogP contribution in [0.3, 0.4) is 0 Å². The van der Waals surface area contributed by atoms with E-state index in [0.29, 0.717) is 37.4 Å². The van der Waals surface area contributed by atoms with Gasteiger partial charge in [0.1, 0.15) is 23.4 Å². The molecule has 0 radical (unpaired) electrons. The first-order valence-electron chi connectivity index (χ1n) is 10.1. The molecule has 1 N–H and O–H groups in total. The van der Waals surface area contributed by atoms with Crippen LogP contribution in [0.25, 0.3) is 0 Å². The smallest absolute Gasteiger partial charge is 0.433 e. The summed E-state index contributed by atoms with van der Waals surface area (Å²) >= 11 is 0. The van der Waals surface area contributed by atoms with Crippen LogP contribution >= 0.6 is 0 Å². The van der Waals surface area contributed by atoms with E-state index in [4.69, 9.17) is 9.47 Å². The van der Waals surface area contributed by atoms with Crippen LogP contribution in [0, 0.1) is 6.92 Å². The topological polar surface area (TPSA) is 76.6 Å². The first-order chi connectivity index (χ1) is 14.7. The molecule has 1 saturated heterocycles. The number of hydrogen-bond acceptors (Lipinski definition) is 6. The molecule has 1 fully saturated rings. The molecule has 0 spiro atoms. The second kappa shape index (κ2) is 8.24. The Morgan fingerprint density at radius 2 is 1.77 bits per heavy atom. The molecule has 3 heterocycles. The van der Waals surface area contributed by atoms with Crippen molar-refractivity contribution in [1.29, 1.82) is 0 Å². The normalized spacial score (nSPS) is 21.6. The molecule has 31 heavy (non-hydrogen) atoms. The lowest BCUT2D eigenvalue weighted by Gasteiger charge is -2.35. The van der Waals surface area contributed by atoms with Crippen LogP contribution in [0.4, 0.5) is 19.0 Å². The van der Waals surface area contributed by atoms with Gasteiger partial charge in [-0.2, -0.15) is 13.2 Å². The number of nitrogens with one attached hydrogen (secondary N) is 1. The average molecular weight is 436 g/mol. The molecule has 0 bridgehead atoms. The fourth-order valence-electron chi connectivity index (χ4n) is 3.80. The van der Waals surface area contributed by atoms with Crippen LogP contribution in [0.5, 0.6) is 11.5 Å². The second-order valence-electron chi connectivity index (χ2n) is 7.73. The molecule has 2 aromatic rings. The van der Waals surface area contributed by atoms with Gasteiger partial charge in [-0.1, -0.05) is 12.1 Å². The number of amides is 1. The summed E-state index contributed by atoms with van der Waals surface area (Å²) in [5, 5.41) is 2.99. The number of carbonyl (C=O) groups excluding carboxylic acids is 1. The molecular formula is C21H23F3N4O3. The van der Waals surface area contributed by atoms with Gasteiger partial charge in [0.05, 0.1) is 0 Å². The Labute approximate surface area is 177 Å². The Bertz CT molecular complexity index is 961. The maximum Gasteiger partial charge on any atom is 0.433 e. The number of aromatic nitrogens is 2. The third-order valence-corrected chi connectivity index (χ3v) is 5.38. The van der Waals surface area contributed by atoms with Crippen LogP contribution in [0.2, 0.25) is 0 Å². The summed E-state index contributed by atoms with van der Waals surface area (Å²) in [5.74, 6) is 1.18. The van der Waals surface area contributed by atoms with Crippen LogP contribution in [0.1, 0.15) is 31.3 Å². The number of benzene rings is 1. The predicted molar refractivity (Wildman–Crippen MR) is 106 cm³/mol. The van der Waals surface area contributed by atoms with E-state index in [1.165, 1.54) is 6.92 Å². The lowest BCUT2D eigenvalue weighted by Crippen LogP contribution is -2.53. The summed E-state index contributed by atoms with van der Waals surface area (Å²) < 4.78 is 50.7. The van der Waals surface area contributed by atoms with Crippen molar-refractivity contribution >= 4 is 11.7 Å². The predicted octanol–water partition coefficient (Wildman–Crippen LogP) is 3.12. The minimum absolute atomic E-state index is 0.0731. The number of alkyl halides is 3. The molecular weight excluding hydrogens is 413 g/mol. The van der Waals surface area contributed by atoms with Crippen molar-refractivity contribution in [1.82, 2.24) is 15.3 Å². The number of hydrogen-bond donors (Lipinski definition) is 1. The Hall–Kier alpha value is -3.04. The van der Waals surface area contributed by atoms with Crippen molar-refractivity contribution < 1.29 is 27.4 Å². The number of nitrogens with zero attached hydrogens (tertiary/aromatic N) is 3. The molecule has 166 valence electrons. The highest BCUT2D eigenvalue weighted by Gasteiger charge is 2.36. The van der Waals surface area contributed by atoms with Gasteiger partial charge in [-0.3, -0.25) is 4.79 Å². The fraction of sp³-hybridized carbons (Fsp3) is 0.476. The zero-order chi connectivity index (χ0) is 22.2. The van der Waals surface area contributed by atoms with E-state index in [1.807, 2.05) is 12.1 Å². The van der Waals surface area contributed by atoms with E-state index in [1.54, 1.807) is 24.0 Å². The minimum atomic E-state index is -4.52. The van der Waals surface area contributed by atoms with E-state index in [9.17, 15) is 18.0 Å². The highest BCUT2D eigenvalue weighted by molar-refractivity contribution is 5.82. The molecule has 4 rings (SSSR count). The van der Waals surface area contributed by atoms with Crippen LogP contribution < -0.4 is 19.7 Å². The monoisotopic (exact) mass is 436 g/mol. The number of halogens is 3. The van der Waals surface area contributed by atoms with E-state index in [2.05, 4.69) is 15.3 Å². The van der Waals surface area contributed by atoms with Crippen LogP contribution in [0.15, 0.2) is 30.3 Å². The first kappa shape index (κ1) is 21.2. The molecule has 2 aliphatic rings. The van der Waals surface area contributed by atoms with E-state index in [0.717, 1.165) is 6.07 Å². The third kappa shape index (κ3) is 4.67. The number of aryl methyl sites for hydroxylation is 1. The Morgan fingerprint density at radius 1 is 1.13 bits per heavy atom. The molecule has 1 amide bonds. The Morgan fingerprint density at radius 3 is 2.42 bits per heavy atom. The van der Waals surface area contributed by atoms with Gasteiger partial charge in [-0.15, -0.1) is 0 Å². The molecule has 0 unspecified atom stereocenters. The maximum atomic E-state index is 13.0. The standard InChI is InChI=1S/C21H23F3N4O3/c1-12-19(31-16-6-4-3-5-15(16)30-12)20(29)27-14-7-9-28(10-8-14)18-11-17(21(22,23)24)25-13(2)26-18/h3-6,11-12,14,19H,7-10H2,1-2H3,(H,27,29)/t12-,19+/m0/s1. The van der Waals surface area contributed by atoms with E-state index in [-0.39, 0.29) is 23.6 Å². The highest BCUT2D eigenvalue weighted by atomic mass is 19.4. The zero-order valence-corrected chi connectivity index (χ0v) is 17.1. The molecule has 1 aromatic carbocycles. The summed E-state index contributed by atoms with van der Waals surface area (Å²) in [7, 11) is 0. The Balaban J connectivity index is 1.36. The molecule has 0 aliphatic carbocycles. The fourth-order valence-corrected chi connectivity index (χ4v) is 3.80. The lowest BCUT2D eigenvalue weighted by atomic mass is 10.0. The molecule has 2 atom stereocenters. The van der Waals surface area contributed by atoms with Crippen molar-refractivity contribution in [3.63, 3.8) is 0 Å². The number of carbonyl (C=O) groups is 1. The largest absolute Gasteiger partial charge is 0.482 e. The minimum Gasteiger partial charge on any atom is -0.482 e. The summed E-state index contributed by atoms with van der Waals surface area (Å²) in [4.78, 5) is 22.2. The van der Waals surface area contributed by atoms with Gasteiger partial charge in [-0.05, 0) is 38.8 Å². The van der Waals surface area contributed by atoms with Crippen molar-refractivity contribution in [3.05, 3.63) is 41.9 Å². The lowest BCUT2D eigenvalue weighted by molar-refractivity contribution is -0.141. The van der Waals surface area contributed by atoms with Crippen molar-refractivity contribution in [2.45, 2.75) is 51.1 Å². The summed E-state index contributed by atoms with van der Waals surface area (Å²) in [6, 6.07) is 8.04. The number of ether oxygens (including phenoxy) is 2. The SMILES string of the molecule is Cc1nc(N2CCC(NC(=O)[C@@H]3Oc4ccccc4O[C@H]3C)CC2)cc(C(F)(F)F)n1. The van der Waals surface area contributed by atoms with Crippen molar-refractivity contribution in [2.24, 2.45) is 0 Å². The maximum absolute atomic E-state index is 13.0. The van der Waals surface area contributed by atoms with Gasteiger partial charge in [0, 0.05) is 25.2 Å². The number of anilines is 1. The zero-order valence-electron chi connectivity index (χ0n) is 17.1. The second-order valence-corrected chi connectivity index (χ2v) is 7.73. The van der Waals surface area contributed by atoms with Gasteiger partial charge in [0.2, 0.25) is 6.10 Å². The third-order valence-electron chi connectivity index (χ3n) is 5.38. The van der Waals surface area contributed by atoms with Crippen LogP contribution in [-0.4, -0.2) is 47.2 Å². The number of rotatable bonds is 3. The van der Waals surface area contributed by atoms with Gasteiger partial charge in [0.15, 0.2) is 11.5 Å². The Kier molecular flexibility index (Phi) is 5.63. The molecule has 2 aliphatic heterocycles. The van der Waals surface area contributed by atoms with Gasteiger partial charge in [0.25, 0.3) is 5.91 Å². The summed E-state index contributed by atoms with van der Waals surface area (Å²) in [5.41, 5.74) is -0.950.